The molecule has 1 rings (SSSR count). The number of rotatable bonds is 17. The molecule has 0 aliphatic rings. The monoisotopic (exact) mass is 515 g/mol. The first-order chi connectivity index (χ1) is 13.5. The molecule has 0 amide bonds. The van der Waals surface area contributed by atoms with Crippen LogP contribution in [0.5, 0.6) is 0 Å². The van der Waals surface area contributed by atoms with E-state index in [0.29, 0.717) is 0 Å². The molecule has 0 aromatic heterocycles. The van der Waals surface area contributed by atoms with Gasteiger partial charge in [0, 0.05) is 5.56 Å². The van der Waals surface area contributed by atoms with E-state index in [1.807, 2.05) is 0 Å². The molecular weight excluding hydrogens is 465 g/mol. The number of quaternary nitrogens is 1. The summed E-state index contributed by atoms with van der Waals surface area (Å²) in [7, 11) is 2.42. The Bertz CT molecular complexity index is 513. The summed E-state index contributed by atoms with van der Waals surface area (Å²) in [5, 5.41) is 0. The molecule has 0 saturated carbocycles. The van der Waals surface area contributed by atoms with Crippen molar-refractivity contribution in [2.24, 2.45) is 0 Å². The van der Waals surface area contributed by atoms with Crippen molar-refractivity contribution in [3.63, 3.8) is 0 Å². The van der Waals surface area contributed by atoms with Crippen LogP contribution >= 0.6 is 0 Å². The topological polar surface area (TPSA) is 0 Å². The minimum atomic E-state index is 0. The molecule has 1 aromatic carbocycles. The normalized spacial score (nSPS) is 13.1. The van der Waals surface area contributed by atoms with E-state index in [9.17, 15) is 0 Å². The predicted molar refractivity (Wildman–Crippen MR) is 129 cm³/mol. The highest BCUT2D eigenvalue weighted by molar-refractivity contribution is 5.52. The van der Waals surface area contributed by atoms with Gasteiger partial charge in [-0.2, -0.15) is 0 Å². The minimum Gasteiger partial charge on any atom is -1.00 e. The molecule has 0 bridgehead atoms. The van der Waals surface area contributed by atoms with Gasteiger partial charge in [-0.25, -0.2) is 0 Å². The van der Waals surface area contributed by atoms with Crippen LogP contribution in [0.1, 0.15) is 115 Å². The van der Waals surface area contributed by atoms with Crippen molar-refractivity contribution in [1.82, 2.24) is 4.48 Å². The maximum Gasteiger partial charge on any atom is 0.135 e. The molecule has 1 nitrogen and oxygen atoms in total. The standard InChI is InChI=1S/C27H50N.HI/c1-6-8-9-10-11-12-13-14-15-16-17-18-19-20-24-28(5,7-2)27-23-21-22-25(3)26(27)4;/h21-23H,6-20,24H2,1-5H3;1H/q+1;/p-1. The SMILES string of the molecule is CCCCCCCCCCCCCCCC[N+](C)(CC)c1cccc(C)c1C.[I-]. The van der Waals surface area contributed by atoms with Crippen molar-refractivity contribution in [1.29, 1.82) is 0 Å². The summed E-state index contributed by atoms with van der Waals surface area (Å²) in [5.74, 6) is 0. The highest BCUT2D eigenvalue weighted by Crippen LogP contribution is 2.28. The lowest BCUT2D eigenvalue weighted by Crippen LogP contribution is -3.00. The summed E-state index contributed by atoms with van der Waals surface area (Å²) in [6.45, 7) is 11.6. The Kier molecular flexibility index (Phi) is 17.5. The smallest absolute Gasteiger partial charge is 0.135 e. The first-order valence-corrected chi connectivity index (χ1v) is 12.5. The zero-order valence-electron chi connectivity index (χ0n) is 20.4. The molecule has 0 aliphatic heterocycles. The quantitative estimate of drug-likeness (QED) is 0.141. The zero-order chi connectivity index (χ0) is 20.7. The van der Waals surface area contributed by atoms with Crippen LogP contribution in [0.3, 0.4) is 0 Å². The van der Waals surface area contributed by atoms with Gasteiger partial charge in [-0.1, -0.05) is 96.1 Å². The second-order valence-corrected chi connectivity index (χ2v) is 9.25. The fraction of sp³-hybridized carbons (Fsp3) is 0.778. The zero-order valence-corrected chi connectivity index (χ0v) is 22.5. The predicted octanol–water partition coefficient (Wildman–Crippen LogP) is 5.75. The molecule has 0 aliphatic carbocycles. The average molecular weight is 516 g/mol. The van der Waals surface area contributed by atoms with Crippen LogP contribution in [-0.4, -0.2) is 20.1 Å². The highest BCUT2D eigenvalue weighted by atomic mass is 127. The molecule has 0 N–H and O–H groups in total. The van der Waals surface area contributed by atoms with Crippen molar-refractivity contribution >= 4 is 5.69 Å². The number of hydrogen-bond acceptors (Lipinski definition) is 0. The van der Waals surface area contributed by atoms with Gasteiger partial charge in [0.2, 0.25) is 0 Å². The number of benzene rings is 1. The van der Waals surface area contributed by atoms with Gasteiger partial charge in [0.05, 0.1) is 20.1 Å². The van der Waals surface area contributed by atoms with Gasteiger partial charge in [-0.3, -0.25) is 4.48 Å². The van der Waals surface area contributed by atoms with Crippen LogP contribution in [0.15, 0.2) is 18.2 Å². The largest absolute Gasteiger partial charge is 1.00 e. The van der Waals surface area contributed by atoms with E-state index in [4.69, 9.17) is 0 Å². The van der Waals surface area contributed by atoms with Crippen molar-refractivity contribution in [2.45, 2.75) is 118 Å². The average Bonchev–Trinajstić information content (AvgIpc) is 2.70. The van der Waals surface area contributed by atoms with E-state index in [1.165, 1.54) is 120 Å². The van der Waals surface area contributed by atoms with Crippen LogP contribution < -0.4 is 28.5 Å². The molecule has 2 heteroatoms. The highest BCUT2D eigenvalue weighted by Gasteiger charge is 2.24. The van der Waals surface area contributed by atoms with Crippen LogP contribution in [0.2, 0.25) is 0 Å². The molecule has 29 heavy (non-hydrogen) atoms. The lowest BCUT2D eigenvalue weighted by molar-refractivity contribution is -0.00000632. The summed E-state index contributed by atoms with van der Waals surface area (Å²) in [6, 6.07) is 6.82. The van der Waals surface area contributed by atoms with Gasteiger partial charge in [-0.15, -0.1) is 0 Å². The Morgan fingerprint density at radius 1 is 0.655 bits per heavy atom. The molecule has 0 fully saturated rings. The molecule has 1 unspecified atom stereocenters. The maximum absolute atomic E-state index is 2.42. The molecule has 0 radical (unpaired) electrons. The van der Waals surface area contributed by atoms with E-state index in [0.717, 1.165) is 4.48 Å². The minimum absolute atomic E-state index is 0. The second kappa shape index (κ2) is 17.6. The van der Waals surface area contributed by atoms with E-state index in [1.54, 1.807) is 0 Å². The molecule has 0 spiro atoms. The van der Waals surface area contributed by atoms with Gasteiger partial charge in [0.25, 0.3) is 0 Å². The van der Waals surface area contributed by atoms with Gasteiger partial charge in [-0.05, 0) is 45.2 Å². The van der Waals surface area contributed by atoms with Crippen LogP contribution in [0.25, 0.3) is 0 Å². The number of nitrogens with zero attached hydrogens (tertiary/aromatic N) is 1. The third kappa shape index (κ3) is 11.8. The summed E-state index contributed by atoms with van der Waals surface area (Å²) < 4.78 is 1.09. The third-order valence-electron chi connectivity index (χ3n) is 6.86. The van der Waals surface area contributed by atoms with E-state index in [2.05, 4.69) is 52.9 Å². The fourth-order valence-electron chi connectivity index (χ4n) is 4.42. The van der Waals surface area contributed by atoms with E-state index < -0.39 is 0 Å². The van der Waals surface area contributed by atoms with Crippen molar-refractivity contribution in [2.75, 3.05) is 20.1 Å². The lowest BCUT2D eigenvalue weighted by Gasteiger charge is -2.34. The van der Waals surface area contributed by atoms with Crippen molar-refractivity contribution < 1.29 is 24.0 Å². The summed E-state index contributed by atoms with van der Waals surface area (Å²) in [6.07, 6.45) is 20.1. The van der Waals surface area contributed by atoms with Gasteiger partial charge in [0.1, 0.15) is 5.69 Å². The molecule has 1 aromatic rings. The number of unbranched alkanes of at least 4 members (excludes halogenated alkanes) is 13. The van der Waals surface area contributed by atoms with Crippen molar-refractivity contribution in [3.8, 4) is 0 Å². The fourth-order valence-corrected chi connectivity index (χ4v) is 4.42. The second-order valence-electron chi connectivity index (χ2n) is 9.25. The van der Waals surface area contributed by atoms with E-state index >= 15 is 0 Å². The first-order valence-electron chi connectivity index (χ1n) is 12.5. The first kappa shape index (κ1) is 28.9. The Balaban J connectivity index is 0.00000784. The van der Waals surface area contributed by atoms with Gasteiger partial charge in [0.15, 0.2) is 0 Å². The Morgan fingerprint density at radius 2 is 1.10 bits per heavy atom. The number of halogens is 1. The number of hydrogen-bond donors (Lipinski definition) is 0. The Hall–Kier alpha value is -0.0900. The lowest BCUT2D eigenvalue weighted by atomic mass is 10.0. The molecule has 0 saturated heterocycles. The Morgan fingerprint density at radius 3 is 1.55 bits per heavy atom. The van der Waals surface area contributed by atoms with Crippen LogP contribution in [-0.2, 0) is 0 Å². The molecular formula is C27H50IN. The summed E-state index contributed by atoms with van der Waals surface area (Å²) in [5.41, 5.74) is 4.44. The molecule has 1 atom stereocenters. The van der Waals surface area contributed by atoms with Crippen molar-refractivity contribution in [3.05, 3.63) is 29.3 Å². The molecule has 170 valence electrons. The Labute approximate surface area is 200 Å². The summed E-state index contributed by atoms with van der Waals surface area (Å²) >= 11 is 0. The van der Waals surface area contributed by atoms with Gasteiger partial charge >= 0.3 is 0 Å². The van der Waals surface area contributed by atoms with Crippen LogP contribution in [0.4, 0.5) is 5.69 Å². The number of aryl methyl sites for hydroxylation is 1. The summed E-state index contributed by atoms with van der Waals surface area (Å²) in [4.78, 5) is 0. The van der Waals surface area contributed by atoms with Crippen LogP contribution in [0, 0.1) is 13.8 Å². The van der Waals surface area contributed by atoms with Gasteiger partial charge < -0.3 is 24.0 Å². The maximum atomic E-state index is 2.42. The third-order valence-corrected chi connectivity index (χ3v) is 6.86. The van der Waals surface area contributed by atoms with E-state index in [-0.39, 0.29) is 24.0 Å². The molecule has 0 heterocycles.